The Kier molecular flexibility index (Phi) is 6.36. The minimum atomic E-state index is -4.76. The van der Waals surface area contributed by atoms with Crippen LogP contribution in [0.2, 0.25) is 0 Å². The molecular weight excluding hydrogens is 526 g/mol. The van der Waals surface area contributed by atoms with Gasteiger partial charge in [-0.25, -0.2) is 14.4 Å². The van der Waals surface area contributed by atoms with Gasteiger partial charge in [0.25, 0.3) is 11.5 Å². The van der Waals surface area contributed by atoms with E-state index >= 15 is 0 Å². The Hall–Kier alpha value is -4.65. The van der Waals surface area contributed by atoms with Gasteiger partial charge in [-0.1, -0.05) is 12.1 Å². The van der Waals surface area contributed by atoms with Gasteiger partial charge in [-0.3, -0.25) is 9.59 Å². The molecule has 3 heterocycles. The summed E-state index contributed by atoms with van der Waals surface area (Å²) < 4.78 is 62.0. The number of hydrogen-bond acceptors (Lipinski definition) is 7. The summed E-state index contributed by atoms with van der Waals surface area (Å²) in [5.74, 6) is -1.64. The van der Waals surface area contributed by atoms with Gasteiger partial charge >= 0.3 is 6.18 Å². The van der Waals surface area contributed by atoms with Gasteiger partial charge in [0.05, 0.1) is 16.8 Å². The normalized spacial score (nSPS) is 11.5. The topological polar surface area (TPSA) is 99.0 Å². The van der Waals surface area contributed by atoms with E-state index in [2.05, 4.69) is 20.4 Å². The molecule has 38 heavy (non-hydrogen) atoms. The van der Waals surface area contributed by atoms with Crippen LogP contribution in [0.5, 0.6) is 11.6 Å². The zero-order chi connectivity index (χ0) is 27.0. The summed E-state index contributed by atoms with van der Waals surface area (Å²) in [4.78, 5) is 33.5. The molecule has 0 saturated heterocycles. The highest BCUT2D eigenvalue weighted by molar-refractivity contribution is 7.17. The van der Waals surface area contributed by atoms with Crippen LogP contribution in [0.3, 0.4) is 0 Å². The van der Waals surface area contributed by atoms with Crippen LogP contribution in [-0.4, -0.2) is 25.7 Å². The highest BCUT2D eigenvalue weighted by atomic mass is 32.1. The number of halogens is 4. The van der Waals surface area contributed by atoms with Crippen molar-refractivity contribution in [2.45, 2.75) is 13.1 Å². The van der Waals surface area contributed by atoms with E-state index in [4.69, 9.17) is 4.74 Å². The van der Waals surface area contributed by atoms with Gasteiger partial charge in [0.15, 0.2) is 17.3 Å². The number of rotatable bonds is 5. The molecule has 0 unspecified atom stereocenters. The van der Waals surface area contributed by atoms with Crippen molar-refractivity contribution in [3.8, 4) is 17.3 Å². The van der Waals surface area contributed by atoms with Crippen molar-refractivity contribution in [2.75, 3.05) is 5.32 Å². The quantitative estimate of drug-likeness (QED) is 0.285. The Morgan fingerprint density at radius 3 is 2.63 bits per heavy atom. The van der Waals surface area contributed by atoms with E-state index in [1.165, 1.54) is 48.9 Å². The number of aromatic nitrogens is 4. The van der Waals surface area contributed by atoms with E-state index in [1.54, 1.807) is 11.4 Å². The second-order valence-electron chi connectivity index (χ2n) is 7.96. The summed E-state index contributed by atoms with van der Waals surface area (Å²) in [5.41, 5.74) is -2.00. The molecule has 192 valence electrons. The number of carbonyl (C=O) groups excluding carboxylic acids is 1. The highest BCUT2D eigenvalue weighted by Crippen LogP contribution is 2.34. The van der Waals surface area contributed by atoms with Gasteiger partial charge in [0, 0.05) is 17.8 Å². The lowest BCUT2D eigenvalue weighted by Crippen LogP contribution is -2.28. The number of anilines is 1. The second kappa shape index (κ2) is 9.67. The standard InChI is InChI=1S/C25H15F4N5O3S/c1-13-10-20(35)34(18-5-3-2-4-15(18)25(27,28)29)33-21(13)23(36)32-14-6-7-19(16(26)11-14)37-24-22-17(8-9-38-22)30-12-31-24/h2-12H,1H3,(H,32,36). The summed E-state index contributed by atoms with van der Waals surface area (Å²) >= 11 is 1.33. The van der Waals surface area contributed by atoms with E-state index in [1.807, 2.05) is 0 Å². The molecule has 0 aliphatic heterocycles. The van der Waals surface area contributed by atoms with E-state index in [0.29, 0.717) is 14.9 Å². The van der Waals surface area contributed by atoms with Crippen molar-refractivity contribution >= 4 is 33.1 Å². The molecule has 3 aromatic heterocycles. The Morgan fingerprint density at radius 1 is 1.08 bits per heavy atom. The van der Waals surface area contributed by atoms with E-state index in [0.717, 1.165) is 24.3 Å². The first-order valence-electron chi connectivity index (χ1n) is 10.9. The van der Waals surface area contributed by atoms with Gasteiger partial charge in [0.2, 0.25) is 5.88 Å². The number of thiophene rings is 1. The molecule has 0 aliphatic rings. The van der Waals surface area contributed by atoms with Crippen LogP contribution in [0.1, 0.15) is 21.6 Å². The fourth-order valence-corrected chi connectivity index (χ4v) is 4.40. The van der Waals surface area contributed by atoms with Crippen molar-refractivity contribution < 1.29 is 27.1 Å². The Labute approximate surface area is 215 Å². The monoisotopic (exact) mass is 541 g/mol. The molecule has 0 bridgehead atoms. The number of para-hydroxylation sites is 1. The summed E-state index contributed by atoms with van der Waals surface area (Å²) in [6.45, 7) is 1.41. The van der Waals surface area contributed by atoms with Crippen molar-refractivity contribution in [3.63, 3.8) is 0 Å². The van der Waals surface area contributed by atoms with Gasteiger partial charge < -0.3 is 10.1 Å². The number of aryl methyl sites for hydroxylation is 1. The molecule has 0 saturated carbocycles. The fraction of sp³-hybridized carbons (Fsp3) is 0.0800. The first-order valence-corrected chi connectivity index (χ1v) is 11.7. The smallest absolute Gasteiger partial charge is 0.418 e. The summed E-state index contributed by atoms with van der Waals surface area (Å²) in [6, 6.07) is 10.8. The Morgan fingerprint density at radius 2 is 1.87 bits per heavy atom. The number of carbonyl (C=O) groups is 1. The molecule has 0 radical (unpaired) electrons. The minimum Gasteiger partial charge on any atom is -0.434 e. The van der Waals surface area contributed by atoms with E-state index in [-0.39, 0.29) is 28.6 Å². The van der Waals surface area contributed by atoms with Crippen LogP contribution >= 0.6 is 11.3 Å². The van der Waals surface area contributed by atoms with Crippen molar-refractivity contribution in [1.82, 2.24) is 19.7 Å². The molecule has 0 spiro atoms. The minimum absolute atomic E-state index is 0.0263. The fourth-order valence-electron chi connectivity index (χ4n) is 3.63. The third-order valence-electron chi connectivity index (χ3n) is 5.38. The Bertz CT molecular complexity index is 1750. The number of benzene rings is 2. The van der Waals surface area contributed by atoms with Crippen LogP contribution in [-0.2, 0) is 6.18 Å². The molecule has 1 amide bonds. The maximum atomic E-state index is 14.8. The molecular formula is C25H15F4N5O3S. The van der Waals surface area contributed by atoms with Crippen LogP contribution < -0.4 is 15.6 Å². The van der Waals surface area contributed by atoms with Gasteiger partial charge in [0.1, 0.15) is 11.0 Å². The van der Waals surface area contributed by atoms with Crippen LogP contribution in [0.4, 0.5) is 23.2 Å². The molecule has 5 aromatic rings. The third kappa shape index (κ3) is 4.83. The van der Waals surface area contributed by atoms with Gasteiger partial charge in [-0.15, -0.1) is 11.3 Å². The molecule has 5 rings (SSSR count). The molecule has 13 heteroatoms. The molecule has 0 fully saturated rings. The Balaban J connectivity index is 1.42. The predicted octanol–water partition coefficient (Wildman–Crippen LogP) is 5.75. The largest absolute Gasteiger partial charge is 0.434 e. The highest BCUT2D eigenvalue weighted by Gasteiger charge is 2.34. The number of fused-ring (bicyclic) bond motifs is 1. The third-order valence-corrected chi connectivity index (χ3v) is 6.27. The number of nitrogens with zero attached hydrogens (tertiary/aromatic N) is 4. The number of nitrogens with one attached hydrogen (secondary N) is 1. The zero-order valence-electron chi connectivity index (χ0n) is 19.3. The molecule has 2 aromatic carbocycles. The summed E-state index contributed by atoms with van der Waals surface area (Å²) in [7, 11) is 0. The van der Waals surface area contributed by atoms with Crippen LogP contribution in [0, 0.1) is 12.7 Å². The molecule has 0 aliphatic carbocycles. The lowest BCUT2D eigenvalue weighted by atomic mass is 10.1. The number of alkyl halides is 3. The number of ether oxygens (including phenoxy) is 1. The molecule has 8 nitrogen and oxygen atoms in total. The number of amides is 1. The predicted molar refractivity (Wildman–Crippen MR) is 131 cm³/mol. The lowest BCUT2D eigenvalue weighted by Gasteiger charge is -2.15. The maximum Gasteiger partial charge on any atom is 0.418 e. The maximum absolute atomic E-state index is 14.8. The van der Waals surface area contributed by atoms with Crippen molar-refractivity contribution in [2.24, 2.45) is 0 Å². The van der Waals surface area contributed by atoms with Gasteiger partial charge in [-0.2, -0.15) is 23.0 Å². The van der Waals surface area contributed by atoms with Crippen molar-refractivity contribution in [3.05, 3.63) is 99.3 Å². The van der Waals surface area contributed by atoms with Crippen molar-refractivity contribution in [1.29, 1.82) is 0 Å². The van der Waals surface area contributed by atoms with Crippen LogP contribution in [0.15, 0.2) is 71.1 Å². The zero-order valence-corrected chi connectivity index (χ0v) is 20.1. The molecule has 0 atom stereocenters. The summed E-state index contributed by atoms with van der Waals surface area (Å²) in [6.07, 6.45) is -3.47. The average Bonchev–Trinajstić information content (AvgIpc) is 3.35. The lowest BCUT2D eigenvalue weighted by molar-refractivity contribution is -0.137. The first kappa shape index (κ1) is 25.0. The SMILES string of the molecule is Cc1cc(=O)n(-c2ccccc2C(F)(F)F)nc1C(=O)Nc1ccc(Oc2ncnc3ccsc23)c(F)c1. The van der Waals surface area contributed by atoms with Gasteiger partial charge in [-0.05, 0) is 48.2 Å². The first-order chi connectivity index (χ1) is 18.1. The van der Waals surface area contributed by atoms with Crippen LogP contribution in [0.25, 0.3) is 15.9 Å². The van der Waals surface area contributed by atoms with E-state index < -0.39 is 34.7 Å². The second-order valence-corrected chi connectivity index (χ2v) is 8.87. The van der Waals surface area contributed by atoms with E-state index in [9.17, 15) is 27.2 Å². The molecule has 1 N–H and O–H groups in total. The summed E-state index contributed by atoms with van der Waals surface area (Å²) in [5, 5.41) is 8.13. The number of hydrogen-bond donors (Lipinski definition) is 1. The average molecular weight is 541 g/mol.